The van der Waals surface area contributed by atoms with Gasteiger partial charge in [-0.2, -0.15) is 0 Å². The molecule has 0 amide bonds. The van der Waals surface area contributed by atoms with E-state index in [2.05, 4.69) is 19.2 Å². The van der Waals surface area contributed by atoms with Gasteiger partial charge in [0.15, 0.2) is 0 Å². The maximum Gasteiger partial charge on any atom is 0.338 e. The van der Waals surface area contributed by atoms with Gasteiger partial charge in [0, 0.05) is 12.6 Å². The molecule has 1 rings (SSSR count). The number of carbonyl (C=O) groups is 1. The number of esters is 1. The van der Waals surface area contributed by atoms with Crippen LogP contribution in [0.3, 0.4) is 0 Å². The van der Waals surface area contributed by atoms with Gasteiger partial charge < -0.3 is 10.1 Å². The minimum Gasteiger partial charge on any atom is -0.461 e. The van der Waals surface area contributed by atoms with Gasteiger partial charge in [-0.15, -0.1) is 0 Å². The van der Waals surface area contributed by atoms with Gasteiger partial charge in [0.05, 0.1) is 5.56 Å². The van der Waals surface area contributed by atoms with E-state index in [9.17, 15) is 4.79 Å². The molecule has 17 heavy (non-hydrogen) atoms. The SMILES string of the molecule is CCC(CC)NCCOC(=O)c1ccccc1. The maximum atomic E-state index is 11.6. The van der Waals surface area contributed by atoms with Gasteiger partial charge in [0.2, 0.25) is 0 Å². The molecule has 0 spiro atoms. The monoisotopic (exact) mass is 235 g/mol. The summed E-state index contributed by atoms with van der Waals surface area (Å²) in [6.45, 7) is 5.43. The molecule has 0 aromatic heterocycles. The van der Waals surface area contributed by atoms with Crippen molar-refractivity contribution < 1.29 is 9.53 Å². The predicted octanol–water partition coefficient (Wildman–Crippen LogP) is 2.62. The van der Waals surface area contributed by atoms with Gasteiger partial charge in [-0.1, -0.05) is 32.0 Å². The Bertz CT molecular complexity index is 320. The zero-order chi connectivity index (χ0) is 12.5. The standard InChI is InChI=1S/C14H21NO2/c1-3-13(4-2)15-10-11-17-14(16)12-8-6-5-7-9-12/h5-9,13,15H,3-4,10-11H2,1-2H3. The number of benzene rings is 1. The van der Waals surface area contributed by atoms with E-state index >= 15 is 0 Å². The number of hydrogen-bond acceptors (Lipinski definition) is 3. The Hall–Kier alpha value is -1.35. The average Bonchev–Trinajstić information content (AvgIpc) is 2.40. The van der Waals surface area contributed by atoms with E-state index in [1.807, 2.05) is 18.2 Å². The molecule has 3 nitrogen and oxygen atoms in total. The molecule has 0 aliphatic carbocycles. The van der Waals surface area contributed by atoms with Gasteiger partial charge in [0.25, 0.3) is 0 Å². The second kappa shape index (κ2) is 7.85. The average molecular weight is 235 g/mol. The summed E-state index contributed by atoms with van der Waals surface area (Å²) >= 11 is 0. The fourth-order valence-electron chi connectivity index (χ4n) is 1.64. The Morgan fingerprint density at radius 3 is 2.47 bits per heavy atom. The van der Waals surface area contributed by atoms with Crippen LogP contribution in [0.4, 0.5) is 0 Å². The van der Waals surface area contributed by atoms with E-state index in [1.54, 1.807) is 12.1 Å². The summed E-state index contributed by atoms with van der Waals surface area (Å²) in [4.78, 5) is 11.6. The summed E-state index contributed by atoms with van der Waals surface area (Å²) in [5.41, 5.74) is 0.607. The Morgan fingerprint density at radius 2 is 1.88 bits per heavy atom. The van der Waals surface area contributed by atoms with Crippen LogP contribution in [0.25, 0.3) is 0 Å². The third kappa shape index (κ3) is 5.00. The molecule has 0 aliphatic rings. The van der Waals surface area contributed by atoms with E-state index in [1.165, 1.54) is 0 Å². The van der Waals surface area contributed by atoms with Crippen LogP contribution in [0, 0.1) is 0 Å². The Morgan fingerprint density at radius 1 is 1.24 bits per heavy atom. The van der Waals surface area contributed by atoms with Crippen molar-refractivity contribution in [3.05, 3.63) is 35.9 Å². The van der Waals surface area contributed by atoms with E-state index in [0.717, 1.165) is 12.8 Å². The fourth-order valence-corrected chi connectivity index (χ4v) is 1.64. The van der Waals surface area contributed by atoms with Crippen LogP contribution in [0.15, 0.2) is 30.3 Å². The molecular weight excluding hydrogens is 214 g/mol. The van der Waals surface area contributed by atoms with Gasteiger partial charge in [-0.3, -0.25) is 0 Å². The van der Waals surface area contributed by atoms with Crippen molar-refractivity contribution in [2.45, 2.75) is 32.7 Å². The van der Waals surface area contributed by atoms with Crippen LogP contribution >= 0.6 is 0 Å². The largest absolute Gasteiger partial charge is 0.461 e. The number of nitrogens with one attached hydrogen (secondary N) is 1. The quantitative estimate of drug-likeness (QED) is 0.583. The first kappa shape index (κ1) is 13.7. The normalized spacial score (nSPS) is 10.5. The predicted molar refractivity (Wildman–Crippen MR) is 69.1 cm³/mol. The fraction of sp³-hybridized carbons (Fsp3) is 0.500. The molecule has 0 aliphatic heterocycles. The lowest BCUT2D eigenvalue weighted by Gasteiger charge is -2.14. The maximum absolute atomic E-state index is 11.6. The highest BCUT2D eigenvalue weighted by Crippen LogP contribution is 2.00. The highest BCUT2D eigenvalue weighted by atomic mass is 16.5. The first-order valence-corrected chi connectivity index (χ1v) is 6.23. The minimum absolute atomic E-state index is 0.253. The molecule has 0 atom stereocenters. The van der Waals surface area contributed by atoms with Crippen molar-refractivity contribution in [3.8, 4) is 0 Å². The van der Waals surface area contributed by atoms with Crippen LogP contribution in [-0.4, -0.2) is 25.2 Å². The molecule has 1 aromatic carbocycles. The smallest absolute Gasteiger partial charge is 0.338 e. The first-order chi connectivity index (χ1) is 8.27. The van der Waals surface area contributed by atoms with Crippen LogP contribution in [0.2, 0.25) is 0 Å². The van der Waals surface area contributed by atoms with Crippen molar-refractivity contribution >= 4 is 5.97 Å². The molecule has 0 unspecified atom stereocenters. The van der Waals surface area contributed by atoms with E-state index in [0.29, 0.717) is 24.8 Å². The van der Waals surface area contributed by atoms with E-state index in [-0.39, 0.29) is 5.97 Å². The molecule has 94 valence electrons. The second-order valence-electron chi connectivity index (χ2n) is 3.97. The third-order valence-corrected chi connectivity index (χ3v) is 2.76. The van der Waals surface area contributed by atoms with Crippen LogP contribution in [0.1, 0.15) is 37.0 Å². The lowest BCUT2D eigenvalue weighted by atomic mass is 10.2. The van der Waals surface area contributed by atoms with Crippen molar-refractivity contribution in [2.24, 2.45) is 0 Å². The van der Waals surface area contributed by atoms with Gasteiger partial charge in [0.1, 0.15) is 6.61 Å². The minimum atomic E-state index is -0.253. The van der Waals surface area contributed by atoms with E-state index in [4.69, 9.17) is 4.74 Å². The summed E-state index contributed by atoms with van der Waals surface area (Å²) in [5.74, 6) is -0.253. The summed E-state index contributed by atoms with van der Waals surface area (Å²) in [6.07, 6.45) is 2.20. The van der Waals surface area contributed by atoms with Gasteiger partial charge in [-0.25, -0.2) is 4.79 Å². The number of rotatable bonds is 7. The zero-order valence-electron chi connectivity index (χ0n) is 10.6. The topological polar surface area (TPSA) is 38.3 Å². The molecule has 0 bridgehead atoms. The number of carbonyl (C=O) groups excluding carboxylic acids is 1. The summed E-state index contributed by atoms with van der Waals surface area (Å²) in [6, 6.07) is 9.59. The molecule has 3 heteroatoms. The molecule has 0 saturated heterocycles. The lowest BCUT2D eigenvalue weighted by Crippen LogP contribution is -2.31. The first-order valence-electron chi connectivity index (χ1n) is 6.23. The van der Waals surface area contributed by atoms with Crippen LogP contribution in [-0.2, 0) is 4.74 Å². The van der Waals surface area contributed by atoms with E-state index < -0.39 is 0 Å². The van der Waals surface area contributed by atoms with Crippen LogP contribution in [0.5, 0.6) is 0 Å². The zero-order valence-corrected chi connectivity index (χ0v) is 10.6. The molecule has 0 saturated carbocycles. The van der Waals surface area contributed by atoms with Crippen molar-refractivity contribution in [2.75, 3.05) is 13.2 Å². The highest BCUT2D eigenvalue weighted by molar-refractivity contribution is 5.89. The summed E-state index contributed by atoms with van der Waals surface area (Å²) in [5, 5.41) is 3.35. The second-order valence-corrected chi connectivity index (χ2v) is 3.97. The lowest BCUT2D eigenvalue weighted by molar-refractivity contribution is 0.0505. The van der Waals surface area contributed by atoms with Crippen molar-refractivity contribution in [1.82, 2.24) is 5.32 Å². The highest BCUT2D eigenvalue weighted by Gasteiger charge is 2.06. The van der Waals surface area contributed by atoms with Gasteiger partial charge in [-0.05, 0) is 25.0 Å². The molecule has 1 aromatic rings. The Labute approximate surface area is 103 Å². The molecule has 0 heterocycles. The van der Waals surface area contributed by atoms with Crippen molar-refractivity contribution in [3.63, 3.8) is 0 Å². The number of ether oxygens (including phenoxy) is 1. The molecular formula is C14H21NO2. The van der Waals surface area contributed by atoms with Crippen LogP contribution < -0.4 is 5.32 Å². The van der Waals surface area contributed by atoms with Gasteiger partial charge >= 0.3 is 5.97 Å². The van der Waals surface area contributed by atoms with Crippen molar-refractivity contribution in [1.29, 1.82) is 0 Å². The third-order valence-electron chi connectivity index (χ3n) is 2.76. The molecule has 0 fully saturated rings. The summed E-state index contributed by atoms with van der Waals surface area (Å²) in [7, 11) is 0. The summed E-state index contributed by atoms with van der Waals surface area (Å²) < 4.78 is 5.17. The molecule has 1 N–H and O–H groups in total. The molecule has 0 radical (unpaired) electrons. The Balaban J connectivity index is 2.21. The number of hydrogen-bond donors (Lipinski definition) is 1. The Kier molecular flexibility index (Phi) is 6.33.